The molecule has 4 nitrogen and oxygen atoms in total. The maximum atomic E-state index is 10.6. The van der Waals surface area contributed by atoms with Crippen LogP contribution in [0.5, 0.6) is 5.75 Å². The van der Waals surface area contributed by atoms with Crippen molar-refractivity contribution < 1.29 is 14.3 Å². The fourth-order valence-corrected chi connectivity index (χ4v) is 2.45. The zero-order chi connectivity index (χ0) is 15.5. The Hall–Kier alpha value is -1.78. The van der Waals surface area contributed by atoms with E-state index in [9.17, 15) is 5.11 Å². The van der Waals surface area contributed by atoms with Crippen molar-refractivity contribution >= 4 is 0 Å². The summed E-state index contributed by atoms with van der Waals surface area (Å²) >= 11 is 0. The van der Waals surface area contributed by atoms with Gasteiger partial charge in [-0.3, -0.25) is 0 Å². The van der Waals surface area contributed by atoms with E-state index in [-0.39, 0.29) is 0 Å². The molecule has 1 aromatic carbocycles. The standard InChI is InChI=1S/C17H23NO3/c1-12-9-16(13(2)21-12)17(3,19)11-18-10-14-5-7-15(20-4)8-6-14/h5-9,18-19H,10-11H2,1-4H3. The first-order valence-electron chi connectivity index (χ1n) is 7.06. The summed E-state index contributed by atoms with van der Waals surface area (Å²) in [6, 6.07) is 9.77. The molecular weight excluding hydrogens is 266 g/mol. The van der Waals surface area contributed by atoms with Crippen molar-refractivity contribution in [3.63, 3.8) is 0 Å². The molecule has 0 aliphatic rings. The smallest absolute Gasteiger partial charge is 0.118 e. The minimum Gasteiger partial charge on any atom is -0.497 e. The summed E-state index contributed by atoms with van der Waals surface area (Å²) in [5.74, 6) is 2.43. The van der Waals surface area contributed by atoms with Gasteiger partial charge in [-0.2, -0.15) is 0 Å². The van der Waals surface area contributed by atoms with Crippen LogP contribution in [0.1, 0.15) is 29.6 Å². The van der Waals surface area contributed by atoms with Gasteiger partial charge in [0.15, 0.2) is 0 Å². The molecule has 2 N–H and O–H groups in total. The zero-order valence-corrected chi connectivity index (χ0v) is 13.1. The molecule has 0 saturated carbocycles. The average molecular weight is 289 g/mol. The largest absolute Gasteiger partial charge is 0.497 e. The van der Waals surface area contributed by atoms with Crippen molar-refractivity contribution in [3.05, 3.63) is 53.0 Å². The number of hydrogen-bond donors (Lipinski definition) is 2. The molecule has 0 spiro atoms. The monoisotopic (exact) mass is 289 g/mol. The van der Waals surface area contributed by atoms with Crippen LogP contribution < -0.4 is 10.1 Å². The molecule has 2 rings (SSSR count). The molecule has 1 unspecified atom stereocenters. The van der Waals surface area contributed by atoms with E-state index in [0.717, 1.165) is 28.4 Å². The minimum atomic E-state index is -0.950. The molecule has 114 valence electrons. The van der Waals surface area contributed by atoms with Crippen molar-refractivity contribution in [3.8, 4) is 5.75 Å². The Morgan fingerprint density at radius 1 is 1.24 bits per heavy atom. The second kappa shape index (κ2) is 6.33. The van der Waals surface area contributed by atoms with E-state index in [1.54, 1.807) is 14.0 Å². The Morgan fingerprint density at radius 2 is 1.90 bits per heavy atom. The van der Waals surface area contributed by atoms with Gasteiger partial charge in [-0.15, -0.1) is 0 Å². The Balaban J connectivity index is 1.93. The van der Waals surface area contributed by atoms with Gasteiger partial charge in [-0.25, -0.2) is 0 Å². The van der Waals surface area contributed by atoms with Crippen LogP contribution in [0.15, 0.2) is 34.7 Å². The first-order valence-corrected chi connectivity index (χ1v) is 7.06. The maximum absolute atomic E-state index is 10.6. The maximum Gasteiger partial charge on any atom is 0.118 e. The summed E-state index contributed by atoms with van der Waals surface area (Å²) < 4.78 is 10.6. The highest BCUT2D eigenvalue weighted by Crippen LogP contribution is 2.26. The van der Waals surface area contributed by atoms with Crippen molar-refractivity contribution in [1.82, 2.24) is 5.32 Å². The average Bonchev–Trinajstić information content (AvgIpc) is 2.79. The van der Waals surface area contributed by atoms with Crippen LogP contribution in [-0.4, -0.2) is 18.8 Å². The zero-order valence-electron chi connectivity index (χ0n) is 13.1. The van der Waals surface area contributed by atoms with E-state index in [4.69, 9.17) is 9.15 Å². The highest BCUT2D eigenvalue weighted by atomic mass is 16.5. The molecule has 2 aromatic rings. The fourth-order valence-electron chi connectivity index (χ4n) is 2.45. The predicted molar refractivity (Wildman–Crippen MR) is 82.5 cm³/mol. The van der Waals surface area contributed by atoms with Gasteiger partial charge in [-0.1, -0.05) is 12.1 Å². The first kappa shape index (κ1) is 15.6. The lowest BCUT2D eigenvalue weighted by Crippen LogP contribution is -2.35. The van der Waals surface area contributed by atoms with Crippen LogP contribution in [0.25, 0.3) is 0 Å². The lowest BCUT2D eigenvalue weighted by atomic mass is 9.96. The summed E-state index contributed by atoms with van der Waals surface area (Å²) in [5.41, 5.74) is 1.03. The highest BCUT2D eigenvalue weighted by molar-refractivity contribution is 5.28. The Labute approximate surface area is 125 Å². The van der Waals surface area contributed by atoms with E-state index < -0.39 is 5.60 Å². The molecule has 0 aliphatic heterocycles. The van der Waals surface area contributed by atoms with Gasteiger partial charge < -0.3 is 19.6 Å². The third-order valence-electron chi connectivity index (χ3n) is 3.58. The molecule has 1 atom stereocenters. The van der Waals surface area contributed by atoms with Gasteiger partial charge in [0.1, 0.15) is 22.9 Å². The molecule has 0 amide bonds. The lowest BCUT2D eigenvalue weighted by Gasteiger charge is -2.23. The number of aliphatic hydroxyl groups is 1. The van der Waals surface area contributed by atoms with Crippen molar-refractivity contribution in [2.24, 2.45) is 0 Å². The number of benzene rings is 1. The topological polar surface area (TPSA) is 54.6 Å². The lowest BCUT2D eigenvalue weighted by molar-refractivity contribution is 0.0552. The van der Waals surface area contributed by atoms with Crippen molar-refractivity contribution in [2.75, 3.05) is 13.7 Å². The van der Waals surface area contributed by atoms with E-state index >= 15 is 0 Å². The fraction of sp³-hybridized carbons (Fsp3) is 0.412. The Kier molecular flexibility index (Phi) is 4.70. The quantitative estimate of drug-likeness (QED) is 0.858. The number of furan rings is 1. The first-order chi connectivity index (χ1) is 9.92. The van der Waals surface area contributed by atoms with Crippen LogP contribution in [0.3, 0.4) is 0 Å². The van der Waals surface area contributed by atoms with Crippen LogP contribution in [-0.2, 0) is 12.1 Å². The van der Waals surface area contributed by atoms with Gasteiger partial charge in [0.2, 0.25) is 0 Å². The minimum absolute atomic E-state index is 0.457. The molecule has 4 heteroatoms. The van der Waals surface area contributed by atoms with Gasteiger partial charge in [0.25, 0.3) is 0 Å². The van der Waals surface area contributed by atoms with Gasteiger partial charge in [0.05, 0.1) is 7.11 Å². The molecule has 1 aromatic heterocycles. The molecule has 1 heterocycles. The Morgan fingerprint density at radius 3 is 2.43 bits per heavy atom. The second-order valence-electron chi connectivity index (χ2n) is 5.55. The molecule has 0 radical (unpaired) electrons. The number of nitrogens with one attached hydrogen (secondary N) is 1. The summed E-state index contributed by atoms with van der Waals surface area (Å²) in [5, 5.41) is 13.9. The number of aryl methyl sites for hydroxylation is 2. The third-order valence-corrected chi connectivity index (χ3v) is 3.58. The molecule has 0 bridgehead atoms. The van der Waals surface area contributed by atoms with Gasteiger partial charge in [-0.05, 0) is 44.5 Å². The highest BCUT2D eigenvalue weighted by Gasteiger charge is 2.27. The van der Waals surface area contributed by atoms with E-state index in [1.165, 1.54) is 0 Å². The molecule has 0 saturated heterocycles. The molecule has 0 aliphatic carbocycles. The van der Waals surface area contributed by atoms with E-state index in [2.05, 4.69) is 5.32 Å². The summed E-state index contributed by atoms with van der Waals surface area (Å²) in [4.78, 5) is 0. The summed E-state index contributed by atoms with van der Waals surface area (Å²) in [6.07, 6.45) is 0. The molecule has 0 fully saturated rings. The predicted octanol–water partition coefficient (Wildman–Crippen LogP) is 2.90. The summed E-state index contributed by atoms with van der Waals surface area (Å²) in [7, 11) is 1.65. The normalized spacial score (nSPS) is 14.0. The third kappa shape index (κ3) is 3.86. The van der Waals surface area contributed by atoms with Crippen molar-refractivity contribution in [2.45, 2.75) is 32.9 Å². The van der Waals surface area contributed by atoms with Gasteiger partial charge in [0, 0.05) is 18.7 Å². The Bertz CT molecular complexity index is 585. The SMILES string of the molecule is COc1ccc(CNCC(C)(O)c2cc(C)oc2C)cc1. The van der Waals surface area contributed by atoms with Crippen LogP contribution in [0, 0.1) is 13.8 Å². The van der Waals surface area contributed by atoms with Crippen LogP contribution >= 0.6 is 0 Å². The number of methoxy groups -OCH3 is 1. The molecular formula is C17H23NO3. The number of rotatable bonds is 6. The second-order valence-corrected chi connectivity index (χ2v) is 5.55. The van der Waals surface area contributed by atoms with Crippen LogP contribution in [0.2, 0.25) is 0 Å². The number of hydrogen-bond acceptors (Lipinski definition) is 4. The molecule has 21 heavy (non-hydrogen) atoms. The van der Waals surface area contributed by atoms with Gasteiger partial charge >= 0.3 is 0 Å². The number of ether oxygens (including phenoxy) is 1. The van der Waals surface area contributed by atoms with E-state index in [0.29, 0.717) is 13.1 Å². The van der Waals surface area contributed by atoms with Crippen molar-refractivity contribution in [1.29, 1.82) is 0 Å². The van der Waals surface area contributed by atoms with Crippen LogP contribution in [0.4, 0.5) is 0 Å². The van der Waals surface area contributed by atoms with E-state index in [1.807, 2.05) is 44.2 Å². The summed E-state index contributed by atoms with van der Waals surface area (Å²) in [6.45, 7) is 6.71.